The van der Waals surface area contributed by atoms with Crippen LogP contribution in [0.25, 0.3) is 0 Å². The third-order valence-corrected chi connectivity index (χ3v) is 1.13. The van der Waals surface area contributed by atoms with Crippen molar-refractivity contribution in [3.8, 4) is 0 Å². The molecule has 0 aliphatic heterocycles. The van der Waals surface area contributed by atoms with E-state index in [0.717, 1.165) is 6.29 Å². The summed E-state index contributed by atoms with van der Waals surface area (Å²) in [5.41, 5.74) is 0. The molecule has 1 rings (SSSR count). The number of halogens is 1. The van der Waals surface area contributed by atoms with Crippen LogP contribution < -0.4 is 0 Å². The van der Waals surface area contributed by atoms with E-state index in [1.54, 1.807) is 0 Å². The van der Waals surface area contributed by atoms with E-state index in [2.05, 4.69) is 9.97 Å². The van der Waals surface area contributed by atoms with Gasteiger partial charge in [-0.15, -0.1) is 0 Å². The molecule has 0 saturated heterocycles. The van der Waals surface area contributed by atoms with Gasteiger partial charge in [0.25, 0.3) is 0 Å². The fourth-order valence-corrected chi connectivity index (χ4v) is 0.617. The molecule has 0 unspecified atom stereocenters. The van der Waals surface area contributed by atoms with Crippen LogP contribution in [0.1, 0.15) is 5.82 Å². The molecule has 0 spiro atoms. The Balaban J connectivity index is 2.78. The van der Waals surface area contributed by atoms with Crippen molar-refractivity contribution in [2.45, 2.75) is 6.42 Å². The lowest BCUT2D eigenvalue weighted by Gasteiger charge is -1.90. The maximum absolute atomic E-state index is 9.95. The summed E-state index contributed by atoms with van der Waals surface area (Å²) in [5.74, 6) is 0.499. The molecule has 0 aliphatic carbocycles. The first-order chi connectivity index (χ1) is 4.83. The van der Waals surface area contributed by atoms with Crippen molar-refractivity contribution in [1.82, 2.24) is 9.97 Å². The van der Waals surface area contributed by atoms with Crippen LogP contribution in [-0.4, -0.2) is 16.3 Å². The minimum absolute atomic E-state index is 0.247. The van der Waals surface area contributed by atoms with Gasteiger partial charge in [-0.05, 0) is 0 Å². The topological polar surface area (TPSA) is 42.9 Å². The van der Waals surface area contributed by atoms with Gasteiger partial charge in [-0.3, -0.25) is 0 Å². The molecule has 52 valence electrons. The van der Waals surface area contributed by atoms with Gasteiger partial charge >= 0.3 is 0 Å². The second-order valence-electron chi connectivity index (χ2n) is 1.69. The second kappa shape index (κ2) is 3.27. The molecule has 0 atom stereocenters. The van der Waals surface area contributed by atoms with Gasteiger partial charge in [-0.1, -0.05) is 11.6 Å². The molecule has 0 fully saturated rings. The minimum atomic E-state index is 0.247. The molecular weight excluding hydrogens is 152 g/mol. The first-order valence-corrected chi connectivity index (χ1v) is 3.11. The molecule has 0 saturated carbocycles. The fourth-order valence-electron chi connectivity index (χ4n) is 0.519. The number of carbonyl (C=O) groups is 1. The standard InChI is InChI=1S/C6H5ClN2O/c7-5-3-8-6(1-2-10)9-4-5/h2-4H,1H2. The monoisotopic (exact) mass is 156 g/mol. The van der Waals surface area contributed by atoms with Gasteiger partial charge in [0.05, 0.1) is 11.4 Å². The van der Waals surface area contributed by atoms with Crippen LogP contribution in [0.2, 0.25) is 5.02 Å². The van der Waals surface area contributed by atoms with E-state index in [4.69, 9.17) is 11.6 Å². The number of rotatable bonds is 2. The molecule has 0 bridgehead atoms. The predicted molar refractivity (Wildman–Crippen MR) is 36.8 cm³/mol. The van der Waals surface area contributed by atoms with Crippen LogP contribution in [0.5, 0.6) is 0 Å². The van der Waals surface area contributed by atoms with E-state index < -0.39 is 0 Å². The highest BCUT2D eigenvalue weighted by molar-refractivity contribution is 6.30. The van der Waals surface area contributed by atoms with Gasteiger partial charge in [0.1, 0.15) is 12.1 Å². The van der Waals surface area contributed by atoms with E-state index >= 15 is 0 Å². The van der Waals surface area contributed by atoms with Crippen molar-refractivity contribution in [2.75, 3.05) is 0 Å². The SMILES string of the molecule is O=CCc1ncc(Cl)cn1. The number of carbonyl (C=O) groups excluding carboxylic acids is 1. The first-order valence-electron chi connectivity index (χ1n) is 2.73. The van der Waals surface area contributed by atoms with Gasteiger partial charge < -0.3 is 4.79 Å². The van der Waals surface area contributed by atoms with Crippen molar-refractivity contribution in [3.63, 3.8) is 0 Å². The number of aromatic nitrogens is 2. The molecule has 3 nitrogen and oxygen atoms in total. The van der Waals surface area contributed by atoms with Gasteiger partial charge in [-0.2, -0.15) is 0 Å². The van der Waals surface area contributed by atoms with Gasteiger partial charge in [0, 0.05) is 12.4 Å². The molecule has 0 N–H and O–H groups in total. The fraction of sp³-hybridized carbons (Fsp3) is 0.167. The molecule has 0 aliphatic rings. The summed E-state index contributed by atoms with van der Waals surface area (Å²) in [7, 11) is 0. The number of hydrogen-bond acceptors (Lipinski definition) is 3. The minimum Gasteiger partial charge on any atom is -0.303 e. The molecule has 1 aromatic rings. The van der Waals surface area contributed by atoms with Gasteiger partial charge in [0.15, 0.2) is 0 Å². The van der Waals surface area contributed by atoms with Crippen molar-refractivity contribution in [3.05, 3.63) is 23.2 Å². The summed E-state index contributed by atoms with van der Waals surface area (Å²) < 4.78 is 0. The lowest BCUT2D eigenvalue weighted by Crippen LogP contribution is -1.93. The van der Waals surface area contributed by atoms with Crippen molar-refractivity contribution < 1.29 is 4.79 Å². The third kappa shape index (κ3) is 1.77. The smallest absolute Gasteiger partial charge is 0.135 e. The zero-order chi connectivity index (χ0) is 7.40. The normalized spacial score (nSPS) is 9.30. The van der Waals surface area contributed by atoms with Crippen LogP contribution >= 0.6 is 11.6 Å². The zero-order valence-corrected chi connectivity index (χ0v) is 5.88. The Hall–Kier alpha value is -0.960. The van der Waals surface area contributed by atoms with Crippen LogP contribution in [0.4, 0.5) is 0 Å². The van der Waals surface area contributed by atoms with E-state index in [1.165, 1.54) is 12.4 Å². The lowest BCUT2D eigenvalue weighted by molar-refractivity contribution is -0.107. The van der Waals surface area contributed by atoms with E-state index in [0.29, 0.717) is 10.8 Å². The van der Waals surface area contributed by atoms with Crippen molar-refractivity contribution >= 4 is 17.9 Å². The van der Waals surface area contributed by atoms with Crippen LogP contribution in [0, 0.1) is 0 Å². The summed E-state index contributed by atoms with van der Waals surface area (Å²) in [5, 5.41) is 0.481. The zero-order valence-electron chi connectivity index (χ0n) is 5.12. The molecule has 4 heteroatoms. The third-order valence-electron chi connectivity index (χ3n) is 0.940. The van der Waals surface area contributed by atoms with Gasteiger partial charge in [0.2, 0.25) is 0 Å². The van der Waals surface area contributed by atoms with E-state index in [1.807, 2.05) is 0 Å². The highest BCUT2D eigenvalue weighted by Crippen LogP contribution is 2.01. The average Bonchev–Trinajstić information content (AvgIpc) is 1.95. The van der Waals surface area contributed by atoms with Gasteiger partial charge in [-0.25, -0.2) is 9.97 Å². The Morgan fingerprint density at radius 1 is 1.50 bits per heavy atom. The van der Waals surface area contributed by atoms with E-state index in [9.17, 15) is 4.79 Å². The predicted octanol–water partition coefficient (Wildman–Crippen LogP) is 0.871. The highest BCUT2D eigenvalue weighted by Gasteiger charge is 1.92. The Kier molecular flexibility index (Phi) is 2.34. The molecule has 1 aromatic heterocycles. The maximum atomic E-state index is 9.95. The van der Waals surface area contributed by atoms with Crippen LogP contribution in [-0.2, 0) is 11.2 Å². The quantitative estimate of drug-likeness (QED) is 0.597. The van der Waals surface area contributed by atoms with Crippen molar-refractivity contribution in [1.29, 1.82) is 0 Å². The van der Waals surface area contributed by atoms with Crippen LogP contribution in [0.15, 0.2) is 12.4 Å². The molecule has 0 amide bonds. The first kappa shape index (κ1) is 7.15. The maximum Gasteiger partial charge on any atom is 0.135 e. The Bertz CT molecular complexity index is 222. The molecule has 1 heterocycles. The summed E-state index contributed by atoms with van der Waals surface area (Å²) in [6.45, 7) is 0. The highest BCUT2D eigenvalue weighted by atomic mass is 35.5. The average molecular weight is 157 g/mol. The molecule has 10 heavy (non-hydrogen) atoms. The van der Waals surface area contributed by atoms with Crippen LogP contribution in [0.3, 0.4) is 0 Å². The molecule has 0 radical (unpaired) electrons. The Morgan fingerprint density at radius 3 is 2.60 bits per heavy atom. The summed E-state index contributed by atoms with van der Waals surface area (Å²) in [6, 6.07) is 0. The van der Waals surface area contributed by atoms with Crippen molar-refractivity contribution in [2.24, 2.45) is 0 Å². The summed E-state index contributed by atoms with van der Waals surface area (Å²) >= 11 is 5.50. The Morgan fingerprint density at radius 2 is 2.10 bits per heavy atom. The summed E-state index contributed by atoms with van der Waals surface area (Å²) in [6.07, 6.45) is 3.93. The van der Waals surface area contributed by atoms with E-state index in [-0.39, 0.29) is 6.42 Å². The molecule has 0 aromatic carbocycles. The Labute approximate surface area is 63.1 Å². The second-order valence-corrected chi connectivity index (χ2v) is 2.12. The summed E-state index contributed by atoms with van der Waals surface area (Å²) in [4.78, 5) is 17.5. The number of nitrogens with zero attached hydrogens (tertiary/aromatic N) is 2. The largest absolute Gasteiger partial charge is 0.303 e. The number of hydrogen-bond donors (Lipinski definition) is 0. The lowest BCUT2D eigenvalue weighted by atomic mass is 10.4. The number of aldehydes is 1. The molecular formula is C6H5ClN2O.